The summed E-state index contributed by atoms with van der Waals surface area (Å²) in [6.45, 7) is 1.91. The molecular weight excluding hydrogens is 254 g/mol. The number of nitriles is 1. The molecule has 0 aromatic heterocycles. The second-order valence-electron chi connectivity index (χ2n) is 5.00. The average Bonchev–Trinajstić information content (AvgIpc) is 2.49. The summed E-state index contributed by atoms with van der Waals surface area (Å²) in [6, 6.07) is 9.33. The molecule has 1 aromatic carbocycles. The number of rotatable bonds is 4. The van der Waals surface area contributed by atoms with Crippen LogP contribution in [0.25, 0.3) is 0 Å². The highest BCUT2D eigenvalue weighted by Crippen LogP contribution is 2.13. The molecule has 106 valence electrons. The first-order valence-corrected chi connectivity index (χ1v) is 6.77. The van der Waals surface area contributed by atoms with Gasteiger partial charge in [-0.25, -0.2) is 0 Å². The quantitative estimate of drug-likeness (QED) is 0.905. The van der Waals surface area contributed by atoms with Crippen molar-refractivity contribution in [3.63, 3.8) is 0 Å². The Bertz CT molecular complexity index is 487. The predicted molar refractivity (Wildman–Crippen MR) is 76.3 cm³/mol. The first-order valence-electron chi connectivity index (χ1n) is 6.77. The van der Waals surface area contributed by atoms with Gasteiger partial charge in [-0.3, -0.25) is 9.69 Å². The third kappa shape index (κ3) is 4.05. The molecule has 2 rings (SSSR count). The topological polar surface area (TPSA) is 65.4 Å². The molecule has 1 aliphatic heterocycles. The molecule has 20 heavy (non-hydrogen) atoms. The molecule has 0 radical (unpaired) electrons. The Hall–Kier alpha value is -1.90. The minimum absolute atomic E-state index is 0.0382. The zero-order valence-electron chi connectivity index (χ0n) is 11.6. The van der Waals surface area contributed by atoms with E-state index >= 15 is 0 Å². The molecule has 0 aliphatic carbocycles. The number of nitrogens with zero attached hydrogens (tertiary/aromatic N) is 2. The summed E-state index contributed by atoms with van der Waals surface area (Å²) in [5.41, 5.74) is 1.30. The van der Waals surface area contributed by atoms with Gasteiger partial charge in [0.05, 0.1) is 18.2 Å². The number of hydrogen-bond donors (Lipinski definition) is 1. The van der Waals surface area contributed by atoms with E-state index in [-0.39, 0.29) is 5.91 Å². The van der Waals surface area contributed by atoms with Gasteiger partial charge in [-0.05, 0) is 44.2 Å². The first kappa shape index (κ1) is 14.5. The summed E-state index contributed by atoms with van der Waals surface area (Å²) < 4.78 is 5.32. The van der Waals surface area contributed by atoms with Gasteiger partial charge in [0.2, 0.25) is 5.91 Å². The van der Waals surface area contributed by atoms with E-state index in [1.165, 1.54) is 0 Å². The molecule has 1 aromatic rings. The molecule has 1 amide bonds. The molecule has 0 atom stereocenters. The highest BCUT2D eigenvalue weighted by molar-refractivity contribution is 5.92. The largest absolute Gasteiger partial charge is 0.381 e. The van der Waals surface area contributed by atoms with Crippen LogP contribution in [-0.2, 0) is 9.53 Å². The van der Waals surface area contributed by atoms with Gasteiger partial charge in [0.15, 0.2) is 0 Å². The van der Waals surface area contributed by atoms with Crippen molar-refractivity contribution in [2.75, 3.05) is 32.1 Å². The van der Waals surface area contributed by atoms with Gasteiger partial charge in [0.1, 0.15) is 0 Å². The number of nitrogens with one attached hydrogen (secondary N) is 1. The summed E-state index contributed by atoms with van der Waals surface area (Å²) in [5, 5.41) is 11.6. The number of likely N-dealkylation sites (N-methyl/N-ethyl adjacent to an activating group) is 1. The number of benzene rings is 1. The molecule has 0 saturated carbocycles. The van der Waals surface area contributed by atoms with E-state index in [0.717, 1.165) is 31.7 Å². The van der Waals surface area contributed by atoms with Crippen LogP contribution in [-0.4, -0.2) is 43.7 Å². The van der Waals surface area contributed by atoms with Crippen molar-refractivity contribution in [1.29, 1.82) is 5.26 Å². The number of amides is 1. The van der Waals surface area contributed by atoms with Gasteiger partial charge in [-0.2, -0.15) is 5.26 Å². The molecule has 5 nitrogen and oxygen atoms in total. The van der Waals surface area contributed by atoms with Gasteiger partial charge < -0.3 is 10.1 Å². The number of carbonyl (C=O) groups is 1. The second kappa shape index (κ2) is 7.04. The maximum atomic E-state index is 12.0. The lowest BCUT2D eigenvalue weighted by molar-refractivity contribution is -0.118. The second-order valence-corrected chi connectivity index (χ2v) is 5.00. The van der Waals surface area contributed by atoms with Crippen LogP contribution >= 0.6 is 0 Å². The Morgan fingerprint density at radius 3 is 2.65 bits per heavy atom. The highest BCUT2D eigenvalue weighted by atomic mass is 16.5. The van der Waals surface area contributed by atoms with Crippen LogP contribution in [0.2, 0.25) is 0 Å². The SMILES string of the molecule is CN(CC(=O)Nc1ccc(C#N)cc1)C1CCOCC1. The third-order valence-corrected chi connectivity index (χ3v) is 3.50. The zero-order chi connectivity index (χ0) is 14.4. The van der Waals surface area contributed by atoms with Crippen LogP contribution < -0.4 is 5.32 Å². The average molecular weight is 273 g/mol. The van der Waals surface area contributed by atoms with Crippen LogP contribution in [0.3, 0.4) is 0 Å². The Morgan fingerprint density at radius 1 is 1.40 bits per heavy atom. The molecule has 1 N–H and O–H groups in total. The predicted octanol–water partition coefficient (Wildman–Crippen LogP) is 1.61. The molecule has 1 saturated heterocycles. The van der Waals surface area contributed by atoms with Crippen molar-refractivity contribution in [3.05, 3.63) is 29.8 Å². The van der Waals surface area contributed by atoms with Crippen molar-refractivity contribution in [2.24, 2.45) is 0 Å². The van der Waals surface area contributed by atoms with E-state index in [0.29, 0.717) is 18.2 Å². The van der Waals surface area contributed by atoms with Gasteiger partial charge in [0.25, 0.3) is 0 Å². The lowest BCUT2D eigenvalue weighted by atomic mass is 10.1. The number of hydrogen-bond acceptors (Lipinski definition) is 4. The smallest absolute Gasteiger partial charge is 0.238 e. The Balaban J connectivity index is 1.83. The first-order chi connectivity index (χ1) is 9.69. The maximum absolute atomic E-state index is 12.0. The van der Waals surface area contributed by atoms with Gasteiger partial charge in [-0.1, -0.05) is 0 Å². The van der Waals surface area contributed by atoms with E-state index in [1.807, 2.05) is 13.1 Å². The summed E-state index contributed by atoms with van der Waals surface area (Å²) in [5.74, 6) is -0.0382. The van der Waals surface area contributed by atoms with Crippen LogP contribution in [0.5, 0.6) is 0 Å². The summed E-state index contributed by atoms with van der Waals surface area (Å²) >= 11 is 0. The summed E-state index contributed by atoms with van der Waals surface area (Å²) in [4.78, 5) is 14.0. The van der Waals surface area contributed by atoms with Crippen molar-refractivity contribution in [3.8, 4) is 6.07 Å². The third-order valence-electron chi connectivity index (χ3n) is 3.50. The molecule has 1 fully saturated rings. The van der Waals surface area contributed by atoms with Crippen LogP contribution in [0.1, 0.15) is 18.4 Å². The zero-order valence-corrected chi connectivity index (χ0v) is 11.6. The fourth-order valence-electron chi connectivity index (χ4n) is 2.31. The lowest BCUT2D eigenvalue weighted by Gasteiger charge is -2.30. The van der Waals surface area contributed by atoms with E-state index in [9.17, 15) is 4.79 Å². The molecule has 5 heteroatoms. The van der Waals surface area contributed by atoms with Crippen molar-refractivity contribution in [2.45, 2.75) is 18.9 Å². The fraction of sp³-hybridized carbons (Fsp3) is 0.467. The normalized spacial score (nSPS) is 15.8. The van der Waals surface area contributed by atoms with Gasteiger partial charge in [-0.15, -0.1) is 0 Å². The van der Waals surface area contributed by atoms with E-state index in [1.54, 1.807) is 24.3 Å². The Kier molecular flexibility index (Phi) is 5.10. The van der Waals surface area contributed by atoms with E-state index in [2.05, 4.69) is 10.2 Å². The molecule has 1 aliphatic rings. The summed E-state index contributed by atoms with van der Waals surface area (Å²) in [6.07, 6.45) is 1.95. The van der Waals surface area contributed by atoms with E-state index < -0.39 is 0 Å². The van der Waals surface area contributed by atoms with Gasteiger partial charge in [0, 0.05) is 24.9 Å². The fourth-order valence-corrected chi connectivity index (χ4v) is 2.31. The Labute approximate surface area is 119 Å². The molecular formula is C15H19N3O2. The standard InChI is InChI=1S/C15H19N3O2/c1-18(14-6-8-20-9-7-14)11-15(19)17-13-4-2-12(10-16)3-5-13/h2-5,14H,6-9,11H2,1H3,(H,17,19). The lowest BCUT2D eigenvalue weighted by Crippen LogP contribution is -2.41. The van der Waals surface area contributed by atoms with Crippen LogP contribution in [0, 0.1) is 11.3 Å². The van der Waals surface area contributed by atoms with E-state index in [4.69, 9.17) is 10.00 Å². The number of ether oxygens (including phenoxy) is 1. The van der Waals surface area contributed by atoms with Crippen LogP contribution in [0.4, 0.5) is 5.69 Å². The number of anilines is 1. The minimum Gasteiger partial charge on any atom is -0.381 e. The Morgan fingerprint density at radius 2 is 2.05 bits per heavy atom. The van der Waals surface area contributed by atoms with Crippen LogP contribution in [0.15, 0.2) is 24.3 Å². The van der Waals surface area contributed by atoms with Crippen molar-refractivity contribution in [1.82, 2.24) is 4.90 Å². The molecule has 0 bridgehead atoms. The highest BCUT2D eigenvalue weighted by Gasteiger charge is 2.20. The summed E-state index contributed by atoms with van der Waals surface area (Å²) in [7, 11) is 1.97. The number of carbonyl (C=O) groups excluding carboxylic acids is 1. The maximum Gasteiger partial charge on any atom is 0.238 e. The monoisotopic (exact) mass is 273 g/mol. The molecule has 0 unspecified atom stereocenters. The molecule has 0 spiro atoms. The van der Waals surface area contributed by atoms with Gasteiger partial charge >= 0.3 is 0 Å². The van der Waals surface area contributed by atoms with Crippen molar-refractivity contribution < 1.29 is 9.53 Å². The van der Waals surface area contributed by atoms with Crippen molar-refractivity contribution >= 4 is 11.6 Å². The minimum atomic E-state index is -0.0382. The molecule has 1 heterocycles.